The molecule has 2 aromatic rings. The van der Waals surface area contributed by atoms with Crippen molar-refractivity contribution in [1.82, 2.24) is 10.2 Å². The number of aromatic carboxylic acids is 1. The number of aryl methyl sites for hydroxylation is 1. The summed E-state index contributed by atoms with van der Waals surface area (Å²) in [5, 5.41) is 16.6. The lowest BCUT2D eigenvalue weighted by Crippen LogP contribution is -2.33. The summed E-state index contributed by atoms with van der Waals surface area (Å²) in [7, 11) is 0. The van der Waals surface area contributed by atoms with Crippen LogP contribution in [0.1, 0.15) is 40.4 Å². The molecule has 0 amide bonds. The lowest BCUT2D eigenvalue weighted by Gasteiger charge is -2.33. The van der Waals surface area contributed by atoms with Crippen molar-refractivity contribution >= 4 is 11.8 Å². The number of aromatic nitrogens is 2. The molecule has 1 aromatic carbocycles. The van der Waals surface area contributed by atoms with Gasteiger partial charge in [0.25, 0.3) is 0 Å². The van der Waals surface area contributed by atoms with E-state index in [1.165, 1.54) is 17.7 Å². The number of benzene rings is 1. The standard InChI is InChI=1S/C17H18FN3O2/c1-11-10-13(18)2-3-14(11)12-6-8-21(9-7-12)16-5-4-15(17(22)23)19-20-16/h2-5,10,12H,6-9H2,1H3,(H,22,23). The summed E-state index contributed by atoms with van der Waals surface area (Å²) in [6, 6.07) is 8.15. The second-order valence-corrected chi connectivity index (χ2v) is 5.84. The minimum absolute atomic E-state index is 0.0504. The van der Waals surface area contributed by atoms with Crippen LogP contribution in [0.4, 0.5) is 10.2 Å². The molecule has 0 saturated carbocycles. The molecule has 0 unspecified atom stereocenters. The number of carboxylic acid groups (broad SMARTS) is 1. The van der Waals surface area contributed by atoms with Gasteiger partial charge in [0.2, 0.25) is 0 Å². The Morgan fingerprint density at radius 1 is 1.22 bits per heavy atom. The maximum absolute atomic E-state index is 13.2. The van der Waals surface area contributed by atoms with Gasteiger partial charge in [-0.1, -0.05) is 6.07 Å². The van der Waals surface area contributed by atoms with Gasteiger partial charge in [-0.2, -0.15) is 0 Å². The van der Waals surface area contributed by atoms with Crippen molar-refractivity contribution in [2.24, 2.45) is 0 Å². The highest BCUT2D eigenvalue weighted by Crippen LogP contribution is 2.31. The van der Waals surface area contributed by atoms with Crippen molar-refractivity contribution in [3.05, 3.63) is 53.0 Å². The van der Waals surface area contributed by atoms with Gasteiger partial charge in [-0.15, -0.1) is 10.2 Å². The summed E-state index contributed by atoms with van der Waals surface area (Å²) in [5.41, 5.74) is 2.15. The molecule has 6 heteroatoms. The first-order valence-electron chi connectivity index (χ1n) is 7.62. The van der Waals surface area contributed by atoms with E-state index in [0.717, 1.165) is 31.5 Å². The maximum Gasteiger partial charge on any atom is 0.356 e. The molecule has 1 N–H and O–H groups in total. The molecule has 0 aliphatic carbocycles. The summed E-state index contributed by atoms with van der Waals surface area (Å²) in [4.78, 5) is 12.9. The highest BCUT2D eigenvalue weighted by atomic mass is 19.1. The van der Waals surface area contributed by atoms with Crippen LogP contribution in [0.25, 0.3) is 0 Å². The molecule has 0 radical (unpaired) electrons. The first kappa shape index (κ1) is 15.4. The molecule has 1 fully saturated rings. The highest BCUT2D eigenvalue weighted by Gasteiger charge is 2.23. The molecule has 1 aromatic heterocycles. The normalized spacial score (nSPS) is 15.7. The van der Waals surface area contributed by atoms with Crippen molar-refractivity contribution in [2.75, 3.05) is 18.0 Å². The Kier molecular flexibility index (Phi) is 4.23. The van der Waals surface area contributed by atoms with Crippen LogP contribution < -0.4 is 4.90 Å². The van der Waals surface area contributed by atoms with E-state index in [4.69, 9.17) is 5.11 Å². The van der Waals surface area contributed by atoms with Crippen LogP contribution in [-0.4, -0.2) is 34.4 Å². The molecular formula is C17H18FN3O2. The molecule has 0 spiro atoms. The van der Waals surface area contributed by atoms with E-state index in [0.29, 0.717) is 11.7 Å². The summed E-state index contributed by atoms with van der Waals surface area (Å²) in [6.07, 6.45) is 1.91. The molecular weight excluding hydrogens is 297 g/mol. The van der Waals surface area contributed by atoms with Crippen LogP contribution in [0.5, 0.6) is 0 Å². The number of rotatable bonds is 3. The fourth-order valence-electron chi connectivity index (χ4n) is 3.12. The van der Waals surface area contributed by atoms with Gasteiger partial charge < -0.3 is 10.0 Å². The van der Waals surface area contributed by atoms with Crippen LogP contribution >= 0.6 is 0 Å². The third kappa shape index (κ3) is 3.31. The quantitative estimate of drug-likeness (QED) is 0.943. The monoisotopic (exact) mass is 315 g/mol. The average Bonchev–Trinajstić information content (AvgIpc) is 2.55. The topological polar surface area (TPSA) is 66.3 Å². The van der Waals surface area contributed by atoms with E-state index in [2.05, 4.69) is 15.1 Å². The number of halogens is 1. The Morgan fingerprint density at radius 2 is 1.96 bits per heavy atom. The van der Waals surface area contributed by atoms with Gasteiger partial charge in [0, 0.05) is 13.1 Å². The Hall–Kier alpha value is -2.50. The summed E-state index contributed by atoms with van der Waals surface area (Å²) < 4.78 is 13.2. The summed E-state index contributed by atoms with van der Waals surface area (Å²) in [5.74, 6) is -0.158. The third-order valence-corrected chi connectivity index (χ3v) is 4.36. The first-order chi connectivity index (χ1) is 11.0. The van der Waals surface area contributed by atoms with E-state index in [9.17, 15) is 9.18 Å². The van der Waals surface area contributed by atoms with Crippen molar-refractivity contribution in [1.29, 1.82) is 0 Å². The molecule has 120 valence electrons. The van der Waals surface area contributed by atoms with Crippen LogP contribution in [0.15, 0.2) is 30.3 Å². The van der Waals surface area contributed by atoms with Crippen molar-refractivity contribution in [3.8, 4) is 0 Å². The van der Waals surface area contributed by atoms with Crippen molar-refractivity contribution < 1.29 is 14.3 Å². The second-order valence-electron chi connectivity index (χ2n) is 5.84. The van der Waals surface area contributed by atoms with E-state index in [1.807, 2.05) is 13.0 Å². The fraction of sp³-hybridized carbons (Fsp3) is 0.353. The summed E-state index contributed by atoms with van der Waals surface area (Å²) in [6.45, 7) is 3.59. The number of nitrogens with zero attached hydrogens (tertiary/aromatic N) is 3. The zero-order valence-electron chi connectivity index (χ0n) is 12.9. The van der Waals surface area contributed by atoms with E-state index >= 15 is 0 Å². The molecule has 0 bridgehead atoms. The fourth-order valence-corrected chi connectivity index (χ4v) is 3.12. The number of hydrogen-bond acceptors (Lipinski definition) is 4. The van der Waals surface area contributed by atoms with Crippen LogP contribution in [0.3, 0.4) is 0 Å². The van der Waals surface area contributed by atoms with Gasteiger partial charge in [0.05, 0.1) is 0 Å². The Morgan fingerprint density at radius 3 is 2.52 bits per heavy atom. The van der Waals surface area contributed by atoms with Crippen LogP contribution in [0.2, 0.25) is 0 Å². The lowest BCUT2D eigenvalue weighted by atomic mass is 9.87. The van der Waals surface area contributed by atoms with Gasteiger partial charge in [0.15, 0.2) is 11.5 Å². The third-order valence-electron chi connectivity index (χ3n) is 4.36. The maximum atomic E-state index is 13.2. The average molecular weight is 315 g/mol. The Bertz CT molecular complexity index is 710. The van der Waals surface area contributed by atoms with Gasteiger partial charge in [0.1, 0.15) is 5.82 Å². The summed E-state index contributed by atoms with van der Waals surface area (Å²) >= 11 is 0. The molecule has 1 aliphatic heterocycles. The smallest absolute Gasteiger partial charge is 0.356 e. The van der Waals surface area contributed by atoms with E-state index in [-0.39, 0.29) is 11.5 Å². The number of carboxylic acids is 1. The van der Waals surface area contributed by atoms with Crippen molar-refractivity contribution in [3.63, 3.8) is 0 Å². The Labute approximate surface area is 133 Å². The molecule has 1 saturated heterocycles. The van der Waals surface area contributed by atoms with E-state index < -0.39 is 5.97 Å². The molecule has 23 heavy (non-hydrogen) atoms. The number of anilines is 1. The number of hydrogen-bond donors (Lipinski definition) is 1. The SMILES string of the molecule is Cc1cc(F)ccc1C1CCN(c2ccc(C(=O)O)nn2)CC1. The minimum atomic E-state index is -1.07. The zero-order chi connectivity index (χ0) is 16.4. The number of carbonyl (C=O) groups is 1. The van der Waals surface area contributed by atoms with Crippen LogP contribution in [0, 0.1) is 12.7 Å². The molecule has 5 nitrogen and oxygen atoms in total. The molecule has 2 heterocycles. The molecule has 0 atom stereocenters. The highest BCUT2D eigenvalue weighted by molar-refractivity contribution is 5.85. The molecule has 3 rings (SSSR count). The van der Waals surface area contributed by atoms with Gasteiger partial charge in [-0.05, 0) is 61.1 Å². The predicted octanol–water partition coefficient (Wildman–Crippen LogP) is 3.01. The number of piperidine rings is 1. The second kappa shape index (κ2) is 6.32. The van der Waals surface area contributed by atoms with Gasteiger partial charge >= 0.3 is 5.97 Å². The zero-order valence-corrected chi connectivity index (χ0v) is 12.9. The lowest BCUT2D eigenvalue weighted by molar-refractivity contribution is 0.0689. The predicted molar refractivity (Wildman–Crippen MR) is 84.3 cm³/mol. The van der Waals surface area contributed by atoms with Crippen LogP contribution in [-0.2, 0) is 0 Å². The minimum Gasteiger partial charge on any atom is -0.476 e. The Balaban J connectivity index is 1.67. The van der Waals surface area contributed by atoms with Crippen molar-refractivity contribution in [2.45, 2.75) is 25.7 Å². The van der Waals surface area contributed by atoms with Gasteiger partial charge in [-0.3, -0.25) is 0 Å². The van der Waals surface area contributed by atoms with E-state index in [1.54, 1.807) is 12.1 Å². The first-order valence-corrected chi connectivity index (χ1v) is 7.62. The molecule has 1 aliphatic rings. The van der Waals surface area contributed by atoms with Gasteiger partial charge in [-0.25, -0.2) is 9.18 Å². The largest absolute Gasteiger partial charge is 0.476 e.